The van der Waals surface area contributed by atoms with Crippen LogP contribution in [0, 0.1) is 11.3 Å². The Labute approximate surface area is 163 Å². The summed E-state index contributed by atoms with van der Waals surface area (Å²) in [4.78, 5) is 11.3. The number of alkyl halides is 3. The Morgan fingerprint density at radius 3 is 2.46 bits per heavy atom. The second-order valence-electron chi connectivity index (χ2n) is 4.75. The van der Waals surface area contributed by atoms with Gasteiger partial charge in [0.2, 0.25) is 10.0 Å². The van der Waals surface area contributed by atoms with Gasteiger partial charge in [-0.3, -0.25) is 4.79 Å². The third kappa shape index (κ3) is 4.11. The molecule has 9 heteroatoms. The van der Waals surface area contributed by atoms with Gasteiger partial charge in [0.1, 0.15) is 6.07 Å². The second-order valence-corrected chi connectivity index (χ2v) is 7.90. The minimum absolute atomic E-state index is 0.255. The molecular formula is C15H9Cl5N2O2. The van der Waals surface area contributed by atoms with Gasteiger partial charge in [0.05, 0.1) is 15.6 Å². The summed E-state index contributed by atoms with van der Waals surface area (Å²) in [5.74, 6) is -0.638. The molecule has 1 atom stereocenters. The summed E-state index contributed by atoms with van der Waals surface area (Å²) in [7, 11) is 0. The average molecular weight is 427 g/mol. The van der Waals surface area contributed by atoms with Crippen LogP contribution in [0.25, 0.3) is 11.1 Å². The summed E-state index contributed by atoms with van der Waals surface area (Å²) in [6.07, 6.45) is 1.66. The monoisotopic (exact) mass is 424 g/mol. The molecule has 0 fully saturated rings. The van der Waals surface area contributed by atoms with Crippen LogP contribution >= 0.6 is 58.0 Å². The molecule has 1 aromatic carbocycles. The first-order chi connectivity index (χ1) is 11.1. The molecule has 0 aliphatic carbocycles. The second kappa shape index (κ2) is 7.43. The van der Waals surface area contributed by atoms with Crippen molar-refractivity contribution in [2.24, 2.45) is 0 Å². The average Bonchev–Trinajstić information content (AvgIpc) is 2.90. The van der Waals surface area contributed by atoms with E-state index >= 15 is 0 Å². The van der Waals surface area contributed by atoms with Crippen LogP contribution in [0.1, 0.15) is 18.7 Å². The molecule has 0 amide bonds. The van der Waals surface area contributed by atoms with Gasteiger partial charge in [-0.25, -0.2) is 0 Å². The quantitative estimate of drug-likeness (QED) is 0.463. The Morgan fingerprint density at radius 1 is 1.25 bits per heavy atom. The largest absolute Gasteiger partial charge is 0.437 e. The molecule has 0 bridgehead atoms. The van der Waals surface area contributed by atoms with Gasteiger partial charge < -0.3 is 9.30 Å². The summed E-state index contributed by atoms with van der Waals surface area (Å²) in [5.41, 5.74) is 1.26. The van der Waals surface area contributed by atoms with Crippen LogP contribution in [0.15, 0.2) is 30.6 Å². The molecule has 2 rings (SSSR count). The molecule has 4 nitrogen and oxygen atoms in total. The standard InChI is InChI=1S/C15H9Cl5N2O2/c1-8(23)24-14(15(18,19)20)22-6-9(5-21)11(7-22)10-3-2-4-12(16)13(10)17/h2-4,6-7,14H,1H3. The molecule has 0 N–H and O–H groups in total. The maximum atomic E-state index is 11.3. The van der Waals surface area contributed by atoms with Crippen molar-refractivity contribution in [1.29, 1.82) is 5.26 Å². The number of aromatic nitrogens is 1. The Hall–Kier alpha value is -1.09. The maximum absolute atomic E-state index is 11.3. The van der Waals surface area contributed by atoms with E-state index in [1.165, 1.54) is 23.9 Å². The number of halogens is 5. The normalized spacial score (nSPS) is 12.5. The lowest BCUT2D eigenvalue weighted by Gasteiger charge is -2.25. The Balaban J connectivity index is 2.60. The number of ether oxygens (including phenoxy) is 1. The smallest absolute Gasteiger partial charge is 0.304 e. The first-order valence-corrected chi connectivity index (χ1v) is 8.34. The van der Waals surface area contributed by atoms with Gasteiger partial charge in [-0.15, -0.1) is 0 Å². The van der Waals surface area contributed by atoms with Crippen LogP contribution in [0.4, 0.5) is 0 Å². The molecule has 0 aliphatic heterocycles. The number of hydrogen-bond acceptors (Lipinski definition) is 3. The van der Waals surface area contributed by atoms with Crippen molar-refractivity contribution in [3.8, 4) is 17.2 Å². The van der Waals surface area contributed by atoms with Crippen LogP contribution in [0.5, 0.6) is 0 Å². The third-order valence-corrected chi connectivity index (χ3v) is 4.42. The number of benzene rings is 1. The lowest BCUT2D eigenvalue weighted by Crippen LogP contribution is -2.27. The first-order valence-electron chi connectivity index (χ1n) is 6.45. The molecule has 24 heavy (non-hydrogen) atoms. The molecule has 126 valence electrons. The number of hydrogen-bond donors (Lipinski definition) is 0. The fourth-order valence-electron chi connectivity index (χ4n) is 2.08. The lowest BCUT2D eigenvalue weighted by atomic mass is 10.1. The first kappa shape index (κ1) is 19.2. The minimum atomic E-state index is -1.94. The van der Waals surface area contributed by atoms with E-state index in [4.69, 9.17) is 62.7 Å². The minimum Gasteiger partial charge on any atom is -0.437 e. The van der Waals surface area contributed by atoms with Crippen molar-refractivity contribution in [3.63, 3.8) is 0 Å². The highest BCUT2D eigenvalue weighted by Crippen LogP contribution is 2.42. The summed E-state index contributed by atoms with van der Waals surface area (Å²) in [5, 5.41) is 9.99. The molecule has 1 unspecified atom stereocenters. The van der Waals surface area contributed by atoms with Crippen LogP contribution in [0.3, 0.4) is 0 Å². The van der Waals surface area contributed by atoms with E-state index < -0.39 is 16.0 Å². The summed E-state index contributed by atoms with van der Waals surface area (Å²) < 4.78 is 4.46. The van der Waals surface area contributed by atoms with Crippen molar-refractivity contribution in [1.82, 2.24) is 4.57 Å². The molecular weight excluding hydrogens is 417 g/mol. The van der Waals surface area contributed by atoms with E-state index in [1.54, 1.807) is 18.2 Å². The van der Waals surface area contributed by atoms with E-state index in [2.05, 4.69) is 0 Å². The molecule has 2 aromatic rings. The topological polar surface area (TPSA) is 55.0 Å². The maximum Gasteiger partial charge on any atom is 0.304 e. The Kier molecular flexibility index (Phi) is 5.95. The number of nitrogens with zero attached hydrogens (tertiary/aromatic N) is 2. The SMILES string of the molecule is CC(=O)OC(n1cc(C#N)c(-c2cccc(Cl)c2Cl)c1)C(Cl)(Cl)Cl. The molecule has 0 spiro atoms. The highest BCUT2D eigenvalue weighted by atomic mass is 35.6. The van der Waals surface area contributed by atoms with E-state index in [-0.39, 0.29) is 10.6 Å². The van der Waals surface area contributed by atoms with Crippen molar-refractivity contribution < 1.29 is 9.53 Å². The summed E-state index contributed by atoms with van der Waals surface area (Å²) in [6, 6.07) is 7.05. The predicted octanol–water partition coefficient (Wildman–Crippen LogP) is 5.77. The van der Waals surface area contributed by atoms with E-state index in [9.17, 15) is 10.1 Å². The van der Waals surface area contributed by atoms with Gasteiger partial charge in [-0.05, 0) is 6.07 Å². The van der Waals surface area contributed by atoms with Crippen molar-refractivity contribution in [2.45, 2.75) is 16.9 Å². The van der Waals surface area contributed by atoms with Crippen molar-refractivity contribution >= 4 is 64.0 Å². The molecule has 0 radical (unpaired) electrons. The number of nitriles is 1. The predicted molar refractivity (Wildman–Crippen MR) is 95.7 cm³/mol. The van der Waals surface area contributed by atoms with E-state index in [0.717, 1.165) is 0 Å². The van der Waals surface area contributed by atoms with Crippen LogP contribution < -0.4 is 0 Å². The lowest BCUT2D eigenvalue weighted by molar-refractivity contribution is -0.150. The van der Waals surface area contributed by atoms with Gasteiger partial charge >= 0.3 is 5.97 Å². The zero-order valence-electron chi connectivity index (χ0n) is 12.1. The van der Waals surface area contributed by atoms with Crippen molar-refractivity contribution in [3.05, 3.63) is 46.2 Å². The third-order valence-electron chi connectivity index (χ3n) is 3.04. The number of carbonyl (C=O) groups is 1. The molecule has 0 saturated carbocycles. The van der Waals surface area contributed by atoms with Crippen LogP contribution in [-0.4, -0.2) is 14.3 Å². The highest BCUT2D eigenvalue weighted by molar-refractivity contribution is 6.67. The number of esters is 1. The zero-order chi connectivity index (χ0) is 18.1. The van der Waals surface area contributed by atoms with E-state index in [1.807, 2.05) is 6.07 Å². The fraction of sp³-hybridized carbons (Fsp3) is 0.200. The van der Waals surface area contributed by atoms with Crippen molar-refractivity contribution in [2.75, 3.05) is 0 Å². The van der Waals surface area contributed by atoms with E-state index in [0.29, 0.717) is 16.1 Å². The molecule has 1 heterocycles. The Bertz CT molecular complexity index is 820. The summed E-state index contributed by atoms with van der Waals surface area (Å²) >= 11 is 29.9. The number of rotatable bonds is 3. The van der Waals surface area contributed by atoms with Crippen LogP contribution in [0.2, 0.25) is 10.0 Å². The highest BCUT2D eigenvalue weighted by Gasteiger charge is 2.37. The number of carbonyl (C=O) groups excluding carboxylic acids is 1. The van der Waals surface area contributed by atoms with Gasteiger partial charge in [0.25, 0.3) is 0 Å². The van der Waals surface area contributed by atoms with Gasteiger partial charge in [-0.1, -0.05) is 70.1 Å². The molecule has 0 aliphatic rings. The zero-order valence-corrected chi connectivity index (χ0v) is 15.8. The Morgan fingerprint density at radius 2 is 1.92 bits per heavy atom. The fourth-order valence-corrected chi connectivity index (χ4v) is 2.95. The molecule has 1 aromatic heterocycles. The van der Waals surface area contributed by atoms with Crippen LogP contribution in [-0.2, 0) is 9.53 Å². The molecule has 0 saturated heterocycles. The van der Waals surface area contributed by atoms with Gasteiger partial charge in [-0.2, -0.15) is 5.26 Å². The summed E-state index contributed by atoms with van der Waals surface area (Å²) in [6.45, 7) is 1.19. The van der Waals surface area contributed by atoms with Gasteiger partial charge in [0.15, 0.2) is 0 Å². The van der Waals surface area contributed by atoms with Gasteiger partial charge in [0, 0.05) is 30.4 Å².